The van der Waals surface area contributed by atoms with Gasteiger partial charge < -0.3 is 14.4 Å². The molecule has 110 valence electrons. The van der Waals surface area contributed by atoms with Gasteiger partial charge in [0.1, 0.15) is 0 Å². The van der Waals surface area contributed by atoms with Gasteiger partial charge in [-0.3, -0.25) is 4.79 Å². The molecular formula is C15H27NO3. The van der Waals surface area contributed by atoms with E-state index in [1.54, 1.807) is 7.11 Å². The van der Waals surface area contributed by atoms with Crippen molar-refractivity contribution in [3.05, 3.63) is 0 Å². The standard InChI is InChI=1S/C15H27NO3/c1-16(12-13-6-3-4-10-19-13)14(17)15(7-5-8-15)9-11-18-2/h13H,3-12H2,1-2H3/t13-/m1/s1. The van der Waals surface area contributed by atoms with Crippen LogP contribution >= 0.6 is 0 Å². The van der Waals surface area contributed by atoms with Crippen LogP contribution in [-0.4, -0.2) is 50.8 Å². The van der Waals surface area contributed by atoms with Crippen LogP contribution in [0.15, 0.2) is 0 Å². The summed E-state index contributed by atoms with van der Waals surface area (Å²) in [6, 6.07) is 0. The Morgan fingerprint density at radius 1 is 1.37 bits per heavy atom. The van der Waals surface area contributed by atoms with Crippen molar-refractivity contribution in [3.63, 3.8) is 0 Å². The van der Waals surface area contributed by atoms with Gasteiger partial charge in [-0.1, -0.05) is 6.42 Å². The second-order valence-electron chi connectivity index (χ2n) is 6.05. The Bertz CT molecular complexity index is 296. The number of hydrogen-bond acceptors (Lipinski definition) is 3. The Kier molecular flexibility index (Phi) is 5.22. The van der Waals surface area contributed by atoms with Crippen LogP contribution in [0.3, 0.4) is 0 Å². The summed E-state index contributed by atoms with van der Waals surface area (Å²) < 4.78 is 10.9. The minimum Gasteiger partial charge on any atom is -0.385 e. The van der Waals surface area contributed by atoms with Crippen LogP contribution in [0.25, 0.3) is 0 Å². The molecule has 1 saturated heterocycles. The monoisotopic (exact) mass is 269 g/mol. The molecule has 1 amide bonds. The summed E-state index contributed by atoms with van der Waals surface area (Å²) in [6.45, 7) is 2.27. The Balaban J connectivity index is 1.85. The molecule has 4 nitrogen and oxygen atoms in total. The van der Waals surface area contributed by atoms with E-state index in [9.17, 15) is 4.79 Å². The Labute approximate surface area is 116 Å². The van der Waals surface area contributed by atoms with Crippen LogP contribution in [-0.2, 0) is 14.3 Å². The van der Waals surface area contributed by atoms with Crippen LogP contribution in [0.5, 0.6) is 0 Å². The first-order valence-electron chi connectivity index (χ1n) is 7.54. The molecule has 1 aliphatic heterocycles. The van der Waals surface area contributed by atoms with E-state index in [4.69, 9.17) is 9.47 Å². The minimum atomic E-state index is -0.139. The van der Waals surface area contributed by atoms with Crippen LogP contribution in [0, 0.1) is 5.41 Å². The van der Waals surface area contributed by atoms with Gasteiger partial charge in [0.05, 0.1) is 11.5 Å². The molecule has 0 unspecified atom stereocenters. The van der Waals surface area contributed by atoms with Crippen LogP contribution in [0.2, 0.25) is 0 Å². The SMILES string of the molecule is COCCC1(C(=O)N(C)C[C@H]2CCCCO2)CCC1. The van der Waals surface area contributed by atoms with Crippen molar-refractivity contribution in [2.45, 2.75) is 51.0 Å². The molecule has 2 fully saturated rings. The summed E-state index contributed by atoms with van der Waals surface area (Å²) in [6.07, 6.45) is 7.77. The van der Waals surface area contributed by atoms with Crippen molar-refractivity contribution in [2.24, 2.45) is 5.41 Å². The number of nitrogens with zero attached hydrogens (tertiary/aromatic N) is 1. The first kappa shape index (κ1) is 14.8. The second-order valence-corrected chi connectivity index (χ2v) is 6.05. The van der Waals surface area contributed by atoms with Crippen molar-refractivity contribution in [3.8, 4) is 0 Å². The normalized spacial score (nSPS) is 25.7. The van der Waals surface area contributed by atoms with E-state index in [-0.39, 0.29) is 11.5 Å². The quantitative estimate of drug-likeness (QED) is 0.742. The lowest BCUT2D eigenvalue weighted by molar-refractivity contribution is -0.150. The molecule has 1 heterocycles. The van der Waals surface area contributed by atoms with Gasteiger partial charge in [-0.15, -0.1) is 0 Å². The number of hydrogen-bond donors (Lipinski definition) is 0. The minimum absolute atomic E-state index is 0.139. The summed E-state index contributed by atoms with van der Waals surface area (Å²) in [5, 5.41) is 0. The third-order valence-electron chi connectivity index (χ3n) is 4.65. The summed E-state index contributed by atoms with van der Waals surface area (Å²) >= 11 is 0. The maximum absolute atomic E-state index is 12.6. The molecule has 0 aromatic carbocycles. The van der Waals surface area contributed by atoms with E-state index in [0.717, 1.165) is 45.3 Å². The fourth-order valence-electron chi connectivity index (χ4n) is 3.22. The maximum Gasteiger partial charge on any atom is 0.228 e. The molecule has 1 saturated carbocycles. The van der Waals surface area contributed by atoms with Gasteiger partial charge in [-0.05, 0) is 38.5 Å². The van der Waals surface area contributed by atoms with Crippen molar-refractivity contribution >= 4 is 5.91 Å². The number of rotatable bonds is 6. The lowest BCUT2D eigenvalue weighted by Gasteiger charge is -2.43. The molecule has 0 aromatic rings. The smallest absolute Gasteiger partial charge is 0.228 e. The third-order valence-corrected chi connectivity index (χ3v) is 4.65. The number of ether oxygens (including phenoxy) is 2. The van der Waals surface area contributed by atoms with Gasteiger partial charge >= 0.3 is 0 Å². The van der Waals surface area contributed by atoms with Gasteiger partial charge in [0, 0.05) is 33.9 Å². The van der Waals surface area contributed by atoms with Gasteiger partial charge in [0.25, 0.3) is 0 Å². The number of amides is 1. The van der Waals surface area contributed by atoms with E-state index in [1.165, 1.54) is 12.8 Å². The predicted octanol–water partition coefficient (Wildman–Crippen LogP) is 2.22. The highest BCUT2D eigenvalue weighted by Gasteiger charge is 2.45. The molecule has 0 spiro atoms. The van der Waals surface area contributed by atoms with Gasteiger partial charge in [-0.25, -0.2) is 0 Å². The van der Waals surface area contributed by atoms with Crippen LogP contribution < -0.4 is 0 Å². The fraction of sp³-hybridized carbons (Fsp3) is 0.933. The summed E-state index contributed by atoms with van der Waals surface area (Å²) in [5.74, 6) is 0.296. The van der Waals surface area contributed by atoms with Crippen LogP contribution in [0.1, 0.15) is 44.9 Å². The van der Waals surface area contributed by atoms with Gasteiger partial charge in [-0.2, -0.15) is 0 Å². The highest BCUT2D eigenvalue weighted by atomic mass is 16.5. The molecule has 0 N–H and O–H groups in total. The fourth-order valence-corrected chi connectivity index (χ4v) is 3.22. The molecule has 1 aliphatic carbocycles. The van der Waals surface area contributed by atoms with Crippen LogP contribution in [0.4, 0.5) is 0 Å². The Hall–Kier alpha value is -0.610. The Morgan fingerprint density at radius 2 is 2.16 bits per heavy atom. The molecule has 0 bridgehead atoms. The van der Waals surface area contributed by atoms with E-state index < -0.39 is 0 Å². The lowest BCUT2D eigenvalue weighted by Crippen LogP contribution is -2.49. The lowest BCUT2D eigenvalue weighted by atomic mass is 9.66. The van der Waals surface area contributed by atoms with Gasteiger partial charge in [0.15, 0.2) is 0 Å². The van der Waals surface area contributed by atoms with Crippen molar-refractivity contribution in [1.82, 2.24) is 4.90 Å². The largest absolute Gasteiger partial charge is 0.385 e. The van der Waals surface area contributed by atoms with E-state index in [0.29, 0.717) is 12.5 Å². The molecule has 4 heteroatoms. The highest BCUT2D eigenvalue weighted by molar-refractivity contribution is 5.83. The molecule has 19 heavy (non-hydrogen) atoms. The average molecular weight is 269 g/mol. The number of methoxy groups -OCH3 is 1. The maximum atomic E-state index is 12.6. The van der Waals surface area contributed by atoms with E-state index in [2.05, 4.69) is 0 Å². The third kappa shape index (κ3) is 3.48. The molecule has 0 aromatic heterocycles. The number of likely N-dealkylation sites (N-methyl/N-ethyl adjacent to an activating group) is 1. The van der Waals surface area contributed by atoms with Crippen molar-refractivity contribution in [1.29, 1.82) is 0 Å². The van der Waals surface area contributed by atoms with Crippen molar-refractivity contribution in [2.75, 3.05) is 33.9 Å². The molecule has 2 aliphatic rings. The van der Waals surface area contributed by atoms with E-state index >= 15 is 0 Å². The summed E-state index contributed by atoms with van der Waals surface area (Å²) in [7, 11) is 3.63. The summed E-state index contributed by atoms with van der Waals surface area (Å²) in [4.78, 5) is 14.5. The zero-order chi connectivity index (χ0) is 13.7. The molecule has 1 atom stereocenters. The Morgan fingerprint density at radius 3 is 2.68 bits per heavy atom. The topological polar surface area (TPSA) is 38.8 Å². The first-order valence-corrected chi connectivity index (χ1v) is 7.54. The molecule has 0 radical (unpaired) electrons. The molecule has 2 rings (SSSR count). The average Bonchev–Trinajstić information content (AvgIpc) is 2.38. The predicted molar refractivity (Wildman–Crippen MR) is 74.0 cm³/mol. The van der Waals surface area contributed by atoms with Crippen molar-refractivity contribution < 1.29 is 14.3 Å². The highest BCUT2D eigenvalue weighted by Crippen LogP contribution is 2.45. The first-order chi connectivity index (χ1) is 9.18. The molecular weight excluding hydrogens is 242 g/mol. The zero-order valence-corrected chi connectivity index (χ0v) is 12.3. The second kappa shape index (κ2) is 6.71. The zero-order valence-electron chi connectivity index (χ0n) is 12.3. The number of carbonyl (C=O) groups excluding carboxylic acids is 1. The van der Waals surface area contributed by atoms with Gasteiger partial charge in [0.2, 0.25) is 5.91 Å². The number of carbonyl (C=O) groups is 1. The summed E-state index contributed by atoms with van der Waals surface area (Å²) in [5.41, 5.74) is -0.139. The van der Waals surface area contributed by atoms with E-state index in [1.807, 2.05) is 11.9 Å².